The van der Waals surface area contributed by atoms with Crippen LogP contribution in [0, 0.1) is 0 Å². The second-order valence-corrected chi connectivity index (χ2v) is 6.69. The Balaban J connectivity index is 2.59. The average molecular weight is 391 g/mol. The van der Waals surface area contributed by atoms with Crippen molar-refractivity contribution in [2.45, 2.75) is 32.9 Å². The lowest BCUT2D eigenvalue weighted by atomic mass is 10.0. The first-order chi connectivity index (χ1) is 9.97. The highest BCUT2D eigenvalue weighted by atomic mass is 79.9. The molecule has 2 rings (SSSR count). The number of aromatic nitrogens is 2. The predicted octanol–water partition coefficient (Wildman–Crippen LogP) is 5.23. The van der Waals surface area contributed by atoms with Gasteiger partial charge in [-0.1, -0.05) is 42.3 Å². The fraction of sp³-hybridized carbons (Fsp3) is 0.400. The summed E-state index contributed by atoms with van der Waals surface area (Å²) in [6.45, 7) is 7.08. The Labute approximate surface area is 143 Å². The lowest BCUT2D eigenvalue weighted by Gasteiger charge is -2.23. The fourth-order valence-electron chi connectivity index (χ4n) is 2.33. The molecule has 6 heteroatoms. The Morgan fingerprint density at radius 2 is 2.05 bits per heavy atom. The van der Waals surface area contributed by atoms with Gasteiger partial charge in [0.1, 0.15) is 0 Å². The molecule has 1 aromatic heterocycles. The van der Waals surface area contributed by atoms with Gasteiger partial charge in [-0.05, 0) is 48.0 Å². The number of benzene rings is 1. The molecule has 0 fully saturated rings. The van der Waals surface area contributed by atoms with Crippen LogP contribution in [0.5, 0.6) is 0 Å². The molecule has 1 unspecified atom stereocenters. The molecular formula is C15H18BrCl2N3. The summed E-state index contributed by atoms with van der Waals surface area (Å²) < 4.78 is 2.95. The highest BCUT2D eigenvalue weighted by Gasteiger charge is 2.24. The van der Waals surface area contributed by atoms with E-state index in [9.17, 15) is 0 Å². The molecule has 0 amide bonds. The largest absolute Gasteiger partial charge is 0.305 e. The SMILES string of the molecule is CCNC(c1cccc(Cl)c1Cl)c1c(Br)cnn1C(C)C. The van der Waals surface area contributed by atoms with Gasteiger partial charge in [0.15, 0.2) is 0 Å². The third-order valence-electron chi connectivity index (χ3n) is 3.25. The van der Waals surface area contributed by atoms with Crippen LogP contribution in [0.1, 0.15) is 44.1 Å². The topological polar surface area (TPSA) is 29.9 Å². The Morgan fingerprint density at radius 1 is 1.33 bits per heavy atom. The van der Waals surface area contributed by atoms with Crippen LogP contribution in [-0.2, 0) is 0 Å². The summed E-state index contributed by atoms with van der Waals surface area (Å²) in [4.78, 5) is 0. The van der Waals surface area contributed by atoms with Gasteiger partial charge < -0.3 is 5.32 Å². The quantitative estimate of drug-likeness (QED) is 0.757. The molecular weight excluding hydrogens is 373 g/mol. The van der Waals surface area contributed by atoms with Crippen LogP contribution in [0.15, 0.2) is 28.9 Å². The number of rotatable bonds is 5. The highest BCUT2D eigenvalue weighted by Crippen LogP contribution is 2.36. The van der Waals surface area contributed by atoms with Crippen molar-refractivity contribution >= 4 is 39.1 Å². The van der Waals surface area contributed by atoms with Crippen molar-refractivity contribution in [2.75, 3.05) is 6.54 Å². The maximum Gasteiger partial charge on any atom is 0.0774 e. The van der Waals surface area contributed by atoms with Crippen LogP contribution in [0.2, 0.25) is 10.0 Å². The maximum atomic E-state index is 6.41. The highest BCUT2D eigenvalue weighted by molar-refractivity contribution is 9.10. The number of hydrogen-bond donors (Lipinski definition) is 1. The van der Waals surface area contributed by atoms with Crippen molar-refractivity contribution in [1.29, 1.82) is 0 Å². The lowest BCUT2D eigenvalue weighted by Crippen LogP contribution is -2.26. The molecule has 0 bridgehead atoms. The van der Waals surface area contributed by atoms with Crippen LogP contribution in [0.25, 0.3) is 0 Å². The standard InChI is InChI=1S/C15H18BrCl2N3/c1-4-19-14(10-6-5-7-12(17)13(10)18)15-11(16)8-20-21(15)9(2)3/h5-9,14,19H,4H2,1-3H3. The van der Waals surface area contributed by atoms with E-state index in [-0.39, 0.29) is 12.1 Å². The molecule has 2 aromatic rings. The molecule has 1 aromatic carbocycles. The number of nitrogens with one attached hydrogen (secondary N) is 1. The fourth-order valence-corrected chi connectivity index (χ4v) is 3.25. The molecule has 0 saturated heterocycles. The van der Waals surface area contributed by atoms with Crippen LogP contribution in [0.4, 0.5) is 0 Å². The van der Waals surface area contributed by atoms with Gasteiger partial charge in [0, 0.05) is 6.04 Å². The van der Waals surface area contributed by atoms with Gasteiger partial charge in [-0.15, -0.1) is 0 Å². The second kappa shape index (κ2) is 7.14. The Bertz CT molecular complexity index is 625. The molecule has 0 spiro atoms. The molecule has 1 atom stereocenters. The molecule has 0 aliphatic carbocycles. The zero-order valence-electron chi connectivity index (χ0n) is 12.2. The second-order valence-electron chi connectivity index (χ2n) is 5.05. The molecule has 0 aliphatic heterocycles. The van der Waals surface area contributed by atoms with E-state index in [1.807, 2.05) is 23.0 Å². The molecule has 21 heavy (non-hydrogen) atoms. The summed E-state index contributed by atoms with van der Waals surface area (Å²) in [7, 11) is 0. The Morgan fingerprint density at radius 3 is 2.67 bits per heavy atom. The zero-order valence-corrected chi connectivity index (χ0v) is 15.3. The van der Waals surface area contributed by atoms with Crippen molar-refractivity contribution < 1.29 is 0 Å². The predicted molar refractivity (Wildman–Crippen MR) is 92.3 cm³/mol. The maximum absolute atomic E-state index is 6.41. The lowest BCUT2D eigenvalue weighted by molar-refractivity contribution is 0.475. The van der Waals surface area contributed by atoms with Gasteiger partial charge >= 0.3 is 0 Å². The minimum atomic E-state index is -0.0690. The van der Waals surface area contributed by atoms with Crippen molar-refractivity contribution in [1.82, 2.24) is 15.1 Å². The minimum Gasteiger partial charge on any atom is -0.305 e. The first-order valence-corrected chi connectivity index (χ1v) is 8.42. The van der Waals surface area contributed by atoms with Crippen molar-refractivity contribution in [3.05, 3.63) is 50.2 Å². The van der Waals surface area contributed by atoms with E-state index >= 15 is 0 Å². The first kappa shape index (κ1) is 16.8. The van der Waals surface area contributed by atoms with E-state index in [1.165, 1.54) is 0 Å². The van der Waals surface area contributed by atoms with Gasteiger partial charge in [-0.25, -0.2) is 0 Å². The van der Waals surface area contributed by atoms with E-state index in [0.717, 1.165) is 22.3 Å². The van der Waals surface area contributed by atoms with E-state index in [4.69, 9.17) is 23.2 Å². The molecule has 0 radical (unpaired) electrons. The summed E-state index contributed by atoms with van der Waals surface area (Å²) >= 11 is 16.2. The van der Waals surface area contributed by atoms with Gasteiger partial charge in [0.05, 0.1) is 32.5 Å². The monoisotopic (exact) mass is 389 g/mol. The van der Waals surface area contributed by atoms with E-state index in [1.54, 1.807) is 6.07 Å². The van der Waals surface area contributed by atoms with Gasteiger partial charge in [0.2, 0.25) is 0 Å². The van der Waals surface area contributed by atoms with E-state index < -0.39 is 0 Å². The van der Waals surface area contributed by atoms with Gasteiger partial charge in [-0.2, -0.15) is 5.10 Å². The first-order valence-electron chi connectivity index (χ1n) is 6.87. The molecule has 1 N–H and O–H groups in total. The smallest absolute Gasteiger partial charge is 0.0774 e. The third-order valence-corrected chi connectivity index (χ3v) is 4.69. The van der Waals surface area contributed by atoms with Crippen molar-refractivity contribution in [2.24, 2.45) is 0 Å². The molecule has 114 valence electrons. The minimum absolute atomic E-state index is 0.0690. The average Bonchev–Trinajstić information content (AvgIpc) is 2.82. The summed E-state index contributed by atoms with van der Waals surface area (Å²) in [6.07, 6.45) is 1.82. The molecule has 0 saturated carbocycles. The molecule has 0 aliphatic rings. The van der Waals surface area contributed by atoms with Gasteiger partial charge in [0.25, 0.3) is 0 Å². The summed E-state index contributed by atoms with van der Waals surface area (Å²) in [5, 5.41) is 9.06. The zero-order chi connectivity index (χ0) is 15.6. The molecule has 1 heterocycles. The summed E-state index contributed by atoms with van der Waals surface area (Å²) in [5.74, 6) is 0. The van der Waals surface area contributed by atoms with Crippen LogP contribution >= 0.6 is 39.1 Å². The number of hydrogen-bond acceptors (Lipinski definition) is 2. The van der Waals surface area contributed by atoms with E-state index in [0.29, 0.717) is 10.0 Å². The number of halogens is 3. The van der Waals surface area contributed by atoms with Crippen LogP contribution < -0.4 is 5.32 Å². The van der Waals surface area contributed by atoms with Gasteiger partial charge in [-0.3, -0.25) is 4.68 Å². The summed E-state index contributed by atoms with van der Waals surface area (Å²) in [5.41, 5.74) is 2.00. The van der Waals surface area contributed by atoms with Crippen molar-refractivity contribution in [3.8, 4) is 0 Å². The molecule has 3 nitrogen and oxygen atoms in total. The number of nitrogens with zero attached hydrogens (tertiary/aromatic N) is 2. The van der Waals surface area contributed by atoms with Crippen LogP contribution in [0.3, 0.4) is 0 Å². The van der Waals surface area contributed by atoms with E-state index in [2.05, 4.69) is 47.1 Å². The normalized spacial score (nSPS) is 12.9. The van der Waals surface area contributed by atoms with Crippen LogP contribution in [-0.4, -0.2) is 16.3 Å². The Kier molecular flexibility index (Phi) is 5.72. The Hall–Kier alpha value is -0.550. The third kappa shape index (κ3) is 3.45. The van der Waals surface area contributed by atoms with Crippen molar-refractivity contribution in [3.63, 3.8) is 0 Å². The summed E-state index contributed by atoms with van der Waals surface area (Å²) in [6, 6.07) is 5.89.